The van der Waals surface area contributed by atoms with E-state index in [-0.39, 0.29) is 17.4 Å². The van der Waals surface area contributed by atoms with Crippen molar-refractivity contribution in [1.29, 1.82) is 0 Å². The van der Waals surface area contributed by atoms with Crippen molar-refractivity contribution < 1.29 is 18.7 Å². The Bertz CT molecular complexity index is 1390. The van der Waals surface area contributed by atoms with Crippen molar-refractivity contribution in [2.45, 2.75) is 91.6 Å². The highest BCUT2D eigenvalue weighted by molar-refractivity contribution is 5.97. The van der Waals surface area contributed by atoms with Crippen LogP contribution in [0.5, 0.6) is 0 Å². The van der Waals surface area contributed by atoms with Gasteiger partial charge in [0.15, 0.2) is 5.58 Å². The molecule has 2 amide bonds. The molecule has 1 saturated heterocycles. The molecule has 0 N–H and O–H groups in total. The Morgan fingerprint density at radius 2 is 1.74 bits per heavy atom. The number of carbonyl (C=O) groups is 2. The van der Waals surface area contributed by atoms with Crippen molar-refractivity contribution in [2.24, 2.45) is 28.6 Å². The van der Waals surface area contributed by atoms with Crippen LogP contribution < -0.4 is 0 Å². The molecule has 2 saturated carbocycles. The Hall–Kier alpha value is -2.89. The van der Waals surface area contributed by atoms with Crippen molar-refractivity contribution >= 4 is 33.9 Å². The maximum atomic E-state index is 14.0. The topological polar surface area (TPSA) is 72.6 Å². The maximum Gasteiger partial charge on any atom is 0.416 e. The predicted molar refractivity (Wildman–Crippen MR) is 152 cm³/mol. The number of rotatable bonds is 3. The fourth-order valence-electron chi connectivity index (χ4n) is 8.59. The molecule has 6 atom stereocenters. The van der Waals surface area contributed by atoms with Crippen molar-refractivity contribution in [3.63, 3.8) is 0 Å². The Kier molecular flexibility index (Phi) is 6.13. The van der Waals surface area contributed by atoms with Crippen LogP contribution >= 0.6 is 0 Å². The average molecular weight is 531 g/mol. The number of piperidine rings is 1. The van der Waals surface area contributed by atoms with Crippen molar-refractivity contribution in [2.75, 3.05) is 6.54 Å². The van der Waals surface area contributed by atoms with Gasteiger partial charge in [-0.2, -0.15) is 0 Å². The van der Waals surface area contributed by atoms with Gasteiger partial charge in [0, 0.05) is 17.4 Å². The van der Waals surface area contributed by atoms with Gasteiger partial charge in [-0.05, 0) is 78.2 Å². The third kappa shape index (κ3) is 4.54. The summed E-state index contributed by atoms with van der Waals surface area (Å²) in [7, 11) is 0. The summed E-state index contributed by atoms with van der Waals surface area (Å²) in [5, 5.41) is 2.25. The molecule has 6 heteroatoms. The summed E-state index contributed by atoms with van der Waals surface area (Å²) >= 11 is 0. The molecule has 1 aromatic heterocycles. The Labute approximate surface area is 231 Å². The average Bonchev–Trinajstić information content (AvgIpc) is 3.28. The number of oxazole rings is 1. The summed E-state index contributed by atoms with van der Waals surface area (Å²) in [6.07, 6.45) is 4.63. The van der Waals surface area contributed by atoms with Gasteiger partial charge in [-0.3, -0.25) is 4.79 Å². The van der Waals surface area contributed by atoms with E-state index in [0.29, 0.717) is 36.6 Å². The molecule has 208 valence electrons. The van der Waals surface area contributed by atoms with E-state index in [1.54, 1.807) is 0 Å². The lowest BCUT2D eigenvalue weighted by Crippen LogP contribution is -2.62. The first-order chi connectivity index (χ1) is 18.4. The molecule has 2 bridgehead atoms. The van der Waals surface area contributed by atoms with Crippen LogP contribution in [0.15, 0.2) is 40.8 Å². The smallest absolute Gasteiger partial charge is 0.416 e. The van der Waals surface area contributed by atoms with Gasteiger partial charge in [-0.1, -0.05) is 72.2 Å². The fraction of sp³-hybridized carbons (Fsp3) is 0.606. The Balaban J connectivity index is 1.27. The van der Waals surface area contributed by atoms with E-state index in [1.165, 1.54) is 11.3 Å². The SMILES string of the molecule is CC(C)[C@@H]1CC[C@@H](C)C[C@H]1OC(=O)N1C[C@@]2(C)C[C@](C)(C[C@@](C)(c3nc4cc5ccccc5cc4o3)C2)C1=O. The molecular weight excluding hydrogens is 488 g/mol. The molecule has 1 aliphatic heterocycles. The number of hydrogen-bond acceptors (Lipinski definition) is 5. The summed E-state index contributed by atoms with van der Waals surface area (Å²) in [4.78, 5) is 34.0. The second-order valence-electron chi connectivity index (χ2n) is 14.3. The molecule has 3 aliphatic rings. The van der Waals surface area contributed by atoms with E-state index in [0.717, 1.165) is 47.6 Å². The number of likely N-dealkylation sites (tertiary alicyclic amines) is 1. The van der Waals surface area contributed by atoms with E-state index in [4.69, 9.17) is 14.1 Å². The minimum atomic E-state index is -0.693. The number of ether oxygens (including phenoxy) is 1. The highest BCUT2D eigenvalue weighted by Gasteiger charge is 2.60. The Morgan fingerprint density at radius 3 is 2.46 bits per heavy atom. The van der Waals surface area contributed by atoms with E-state index in [9.17, 15) is 9.59 Å². The lowest BCUT2D eigenvalue weighted by Gasteiger charge is -2.56. The van der Waals surface area contributed by atoms with Crippen molar-refractivity contribution in [3.05, 3.63) is 42.3 Å². The van der Waals surface area contributed by atoms with Gasteiger partial charge in [0.25, 0.3) is 0 Å². The predicted octanol–water partition coefficient (Wildman–Crippen LogP) is 7.87. The van der Waals surface area contributed by atoms with Crippen LogP contribution in [0.3, 0.4) is 0 Å². The molecule has 3 fully saturated rings. The molecular formula is C33H42N2O4. The van der Waals surface area contributed by atoms with E-state index in [1.807, 2.05) is 19.1 Å². The quantitative estimate of drug-likeness (QED) is 0.344. The van der Waals surface area contributed by atoms with Crippen LogP contribution in [0.25, 0.3) is 21.9 Å². The summed E-state index contributed by atoms with van der Waals surface area (Å²) in [6.45, 7) is 13.4. The minimum absolute atomic E-state index is 0.122. The first kappa shape index (κ1) is 26.3. The second-order valence-corrected chi connectivity index (χ2v) is 14.3. The van der Waals surface area contributed by atoms with Crippen LogP contribution in [0, 0.1) is 28.6 Å². The summed E-state index contributed by atoms with van der Waals surface area (Å²) in [5.41, 5.74) is 0.252. The van der Waals surface area contributed by atoms with Gasteiger partial charge in [0.2, 0.25) is 11.8 Å². The number of carbonyl (C=O) groups excluding carboxylic acids is 2. The highest BCUT2D eigenvalue weighted by Crippen LogP contribution is 2.58. The fourth-order valence-corrected chi connectivity index (χ4v) is 8.59. The molecule has 0 radical (unpaired) electrons. The summed E-state index contributed by atoms with van der Waals surface area (Å²) in [5.74, 6) is 1.87. The zero-order valence-corrected chi connectivity index (χ0v) is 24.3. The number of imide groups is 1. The molecule has 0 unspecified atom stereocenters. The molecule has 6 rings (SSSR count). The molecule has 6 nitrogen and oxygen atoms in total. The normalized spacial score (nSPS) is 35.1. The lowest BCUT2D eigenvalue weighted by molar-refractivity contribution is -0.159. The monoisotopic (exact) mass is 530 g/mol. The van der Waals surface area contributed by atoms with Gasteiger partial charge < -0.3 is 9.15 Å². The Morgan fingerprint density at radius 1 is 1.05 bits per heavy atom. The standard InChI is InChI=1S/C33H42N2O4/c1-20(2)24-12-11-21(3)13-26(24)39-30(37)35-19-31(4)16-32(5,18-33(6,17-31)29(35)36)28-34-25-14-22-9-7-8-10-23(22)15-27(25)38-28/h7-10,14-15,20-21,24,26H,11-13,16-19H2,1-6H3/t21-,24+,26-,31-,32+,33-/m1/s1. The first-order valence-electron chi connectivity index (χ1n) is 14.7. The molecule has 2 heterocycles. The molecule has 2 aromatic carbocycles. The largest absolute Gasteiger partial charge is 0.445 e. The van der Waals surface area contributed by atoms with Crippen LogP contribution in [0.4, 0.5) is 4.79 Å². The van der Waals surface area contributed by atoms with E-state index in [2.05, 4.69) is 58.9 Å². The van der Waals surface area contributed by atoms with Gasteiger partial charge in [-0.15, -0.1) is 0 Å². The summed E-state index contributed by atoms with van der Waals surface area (Å²) < 4.78 is 12.6. The maximum absolute atomic E-state index is 14.0. The molecule has 2 aliphatic carbocycles. The third-order valence-corrected chi connectivity index (χ3v) is 9.92. The van der Waals surface area contributed by atoms with E-state index < -0.39 is 16.9 Å². The number of hydrogen-bond donors (Lipinski definition) is 0. The van der Waals surface area contributed by atoms with Crippen LogP contribution in [-0.4, -0.2) is 34.5 Å². The van der Waals surface area contributed by atoms with Crippen molar-refractivity contribution in [1.82, 2.24) is 9.88 Å². The van der Waals surface area contributed by atoms with Gasteiger partial charge in [-0.25, -0.2) is 14.7 Å². The third-order valence-electron chi connectivity index (χ3n) is 9.92. The minimum Gasteiger partial charge on any atom is -0.445 e. The second kappa shape index (κ2) is 9.07. The van der Waals surface area contributed by atoms with Gasteiger partial charge >= 0.3 is 6.09 Å². The number of fused-ring (bicyclic) bond motifs is 4. The summed E-state index contributed by atoms with van der Waals surface area (Å²) in [6, 6.07) is 12.3. The molecule has 0 spiro atoms. The number of aromatic nitrogens is 1. The zero-order valence-electron chi connectivity index (χ0n) is 24.3. The number of amides is 2. The molecule has 3 aromatic rings. The van der Waals surface area contributed by atoms with Gasteiger partial charge in [0.1, 0.15) is 11.6 Å². The zero-order chi connectivity index (χ0) is 27.7. The first-order valence-corrected chi connectivity index (χ1v) is 14.7. The number of nitrogens with zero attached hydrogens (tertiary/aromatic N) is 2. The van der Waals surface area contributed by atoms with Crippen molar-refractivity contribution in [3.8, 4) is 0 Å². The van der Waals surface area contributed by atoms with Gasteiger partial charge in [0.05, 0.1) is 0 Å². The van der Waals surface area contributed by atoms with Crippen LogP contribution in [0.1, 0.15) is 86.0 Å². The van der Waals surface area contributed by atoms with Crippen LogP contribution in [0.2, 0.25) is 0 Å². The number of benzene rings is 2. The van der Waals surface area contributed by atoms with Crippen LogP contribution in [-0.2, 0) is 14.9 Å². The highest BCUT2D eigenvalue weighted by atomic mass is 16.6. The molecule has 39 heavy (non-hydrogen) atoms. The lowest BCUT2D eigenvalue weighted by atomic mass is 9.52. The van der Waals surface area contributed by atoms with E-state index >= 15 is 0 Å².